The Bertz CT molecular complexity index is 740. The molecule has 7 heteroatoms. The molecule has 0 saturated carbocycles. The Kier molecular flexibility index (Phi) is 5.14. The summed E-state index contributed by atoms with van der Waals surface area (Å²) in [6.07, 6.45) is 0. The summed E-state index contributed by atoms with van der Waals surface area (Å²) >= 11 is 0. The zero-order valence-corrected chi connectivity index (χ0v) is 13.2. The van der Waals surface area contributed by atoms with Gasteiger partial charge in [0.15, 0.2) is 17.5 Å². The summed E-state index contributed by atoms with van der Waals surface area (Å²) in [7, 11) is 0. The van der Waals surface area contributed by atoms with Crippen LogP contribution in [0.25, 0.3) is 11.1 Å². The molecule has 0 atom stereocenters. The van der Waals surface area contributed by atoms with Crippen LogP contribution >= 0.6 is 0 Å². The highest BCUT2D eigenvalue weighted by Crippen LogP contribution is 2.30. The lowest BCUT2D eigenvalue weighted by Gasteiger charge is -2.24. The first-order chi connectivity index (χ1) is 11.2. The van der Waals surface area contributed by atoms with E-state index in [1.165, 1.54) is 0 Å². The standard InChI is InChI=1S/C17H17F3N2O2/c1-17(2,9-23)22-16(24)21-14-6-4-3-5-11(14)10-7-12(18)15(20)13(19)8-10/h3-8,23H,9H2,1-2H3,(H2,21,22,24). The van der Waals surface area contributed by atoms with Gasteiger partial charge in [0.1, 0.15) is 0 Å². The van der Waals surface area contributed by atoms with Crippen molar-refractivity contribution < 1.29 is 23.1 Å². The number of carbonyl (C=O) groups is 1. The third-order valence-corrected chi connectivity index (χ3v) is 3.32. The summed E-state index contributed by atoms with van der Waals surface area (Å²) in [5, 5.41) is 14.3. The van der Waals surface area contributed by atoms with Crippen molar-refractivity contribution in [1.82, 2.24) is 5.32 Å². The lowest BCUT2D eigenvalue weighted by molar-refractivity contribution is 0.187. The number of benzene rings is 2. The van der Waals surface area contributed by atoms with E-state index in [-0.39, 0.29) is 17.9 Å². The van der Waals surface area contributed by atoms with Gasteiger partial charge in [-0.1, -0.05) is 18.2 Å². The number of amides is 2. The van der Waals surface area contributed by atoms with Crippen LogP contribution in [0.15, 0.2) is 36.4 Å². The minimum atomic E-state index is -1.55. The van der Waals surface area contributed by atoms with Crippen molar-refractivity contribution in [3.05, 3.63) is 53.8 Å². The van der Waals surface area contributed by atoms with Gasteiger partial charge in [-0.15, -0.1) is 0 Å². The number of rotatable bonds is 4. The van der Waals surface area contributed by atoms with E-state index in [0.717, 1.165) is 12.1 Å². The Morgan fingerprint density at radius 1 is 1.12 bits per heavy atom. The second-order valence-corrected chi connectivity index (χ2v) is 5.92. The lowest BCUT2D eigenvalue weighted by atomic mass is 10.0. The summed E-state index contributed by atoms with van der Waals surface area (Å²) in [6, 6.07) is 7.45. The number of hydrogen-bond acceptors (Lipinski definition) is 2. The van der Waals surface area contributed by atoms with E-state index >= 15 is 0 Å². The van der Waals surface area contributed by atoms with Crippen molar-refractivity contribution in [2.75, 3.05) is 11.9 Å². The highest BCUT2D eigenvalue weighted by atomic mass is 19.2. The van der Waals surface area contributed by atoms with Crippen molar-refractivity contribution in [3.8, 4) is 11.1 Å². The molecule has 3 N–H and O–H groups in total. The maximum absolute atomic E-state index is 13.4. The molecule has 0 spiro atoms. The first-order valence-corrected chi connectivity index (χ1v) is 7.17. The van der Waals surface area contributed by atoms with Crippen LogP contribution in [0.4, 0.5) is 23.7 Å². The van der Waals surface area contributed by atoms with Crippen LogP contribution < -0.4 is 10.6 Å². The second-order valence-electron chi connectivity index (χ2n) is 5.92. The molecular formula is C17H17F3N2O2. The average Bonchev–Trinajstić information content (AvgIpc) is 2.52. The first kappa shape index (κ1) is 17.8. The van der Waals surface area contributed by atoms with Gasteiger partial charge in [-0.05, 0) is 37.6 Å². The number of anilines is 1. The molecule has 0 aliphatic carbocycles. The van der Waals surface area contributed by atoms with Gasteiger partial charge in [0, 0.05) is 5.56 Å². The number of nitrogens with one attached hydrogen (secondary N) is 2. The number of para-hydroxylation sites is 1. The van der Waals surface area contributed by atoms with Crippen molar-refractivity contribution in [3.63, 3.8) is 0 Å². The monoisotopic (exact) mass is 338 g/mol. The van der Waals surface area contributed by atoms with Crippen molar-refractivity contribution in [2.45, 2.75) is 19.4 Å². The molecule has 0 aliphatic heterocycles. The lowest BCUT2D eigenvalue weighted by Crippen LogP contribution is -2.48. The number of urea groups is 1. The van der Waals surface area contributed by atoms with Gasteiger partial charge < -0.3 is 15.7 Å². The third kappa shape index (κ3) is 4.05. The second kappa shape index (κ2) is 6.92. The molecule has 2 rings (SSSR count). The van der Waals surface area contributed by atoms with Crippen LogP contribution in [0.2, 0.25) is 0 Å². The largest absolute Gasteiger partial charge is 0.394 e. The molecule has 0 heterocycles. The number of hydrogen-bond donors (Lipinski definition) is 3. The molecule has 0 aromatic heterocycles. The molecule has 0 fully saturated rings. The Morgan fingerprint density at radius 3 is 2.29 bits per heavy atom. The van der Waals surface area contributed by atoms with E-state index in [0.29, 0.717) is 5.56 Å². The maximum atomic E-state index is 13.4. The number of carbonyl (C=O) groups excluding carboxylic acids is 1. The molecule has 24 heavy (non-hydrogen) atoms. The van der Waals surface area contributed by atoms with Gasteiger partial charge in [-0.2, -0.15) is 0 Å². The average molecular weight is 338 g/mol. The minimum Gasteiger partial charge on any atom is -0.394 e. The molecule has 0 radical (unpaired) electrons. The van der Waals surface area contributed by atoms with Crippen molar-refractivity contribution in [1.29, 1.82) is 0 Å². The predicted octanol–water partition coefficient (Wildman–Crippen LogP) is 3.66. The predicted molar refractivity (Wildman–Crippen MR) is 85.1 cm³/mol. The number of aliphatic hydroxyl groups excluding tert-OH is 1. The van der Waals surface area contributed by atoms with E-state index < -0.39 is 29.0 Å². The summed E-state index contributed by atoms with van der Waals surface area (Å²) in [4.78, 5) is 12.0. The van der Waals surface area contributed by atoms with Gasteiger partial charge in [0.2, 0.25) is 0 Å². The molecule has 0 aliphatic rings. The van der Waals surface area contributed by atoms with E-state index in [1.807, 2.05) is 0 Å². The zero-order valence-electron chi connectivity index (χ0n) is 13.2. The van der Waals surface area contributed by atoms with Gasteiger partial charge in [-0.25, -0.2) is 18.0 Å². The summed E-state index contributed by atoms with van der Waals surface area (Å²) in [5.74, 6) is -4.18. The van der Waals surface area contributed by atoms with Crippen LogP contribution in [-0.2, 0) is 0 Å². The summed E-state index contributed by atoms with van der Waals surface area (Å²) < 4.78 is 40.0. The van der Waals surface area contributed by atoms with Gasteiger partial charge in [-0.3, -0.25) is 0 Å². The summed E-state index contributed by atoms with van der Waals surface area (Å²) in [6.45, 7) is 2.99. The normalized spacial score (nSPS) is 11.2. The van der Waals surface area contributed by atoms with Crippen LogP contribution in [0, 0.1) is 17.5 Å². The highest BCUT2D eigenvalue weighted by Gasteiger charge is 2.20. The van der Waals surface area contributed by atoms with E-state index in [9.17, 15) is 18.0 Å². The van der Waals surface area contributed by atoms with Crippen molar-refractivity contribution in [2.24, 2.45) is 0 Å². The Hall–Kier alpha value is -2.54. The topological polar surface area (TPSA) is 61.4 Å². The van der Waals surface area contributed by atoms with Gasteiger partial charge in [0.05, 0.1) is 17.8 Å². The quantitative estimate of drug-likeness (QED) is 0.745. The molecule has 2 amide bonds. The fourth-order valence-corrected chi connectivity index (χ4v) is 2.06. The fraction of sp³-hybridized carbons (Fsp3) is 0.235. The molecule has 4 nitrogen and oxygen atoms in total. The molecular weight excluding hydrogens is 321 g/mol. The highest BCUT2D eigenvalue weighted by molar-refractivity contribution is 5.94. The minimum absolute atomic E-state index is 0.0868. The van der Waals surface area contributed by atoms with Crippen LogP contribution in [0.1, 0.15) is 13.8 Å². The van der Waals surface area contributed by atoms with Gasteiger partial charge in [0.25, 0.3) is 0 Å². The van der Waals surface area contributed by atoms with E-state index in [4.69, 9.17) is 5.11 Å². The Balaban J connectivity index is 2.33. The van der Waals surface area contributed by atoms with Crippen molar-refractivity contribution >= 4 is 11.7 Å². The van der Waals surface area contributed by atoms with Crippen LogP contribution in [0.3, 0.4) is 0 Å². The van der Waals surface area contributed by atoms with Crippen LogP contribution in [-0.4, -0.2) is 23.3 Å². The molecule has 2 aromatic rings. The molecule has 0 bridgehead atoms. The summed E-state index contributed by atoms with van der Waals surface area (Å²) in [5.41, 5.74) is -0.141. The molecule has 0 unspecified atom stereocenters. The fourth-order valence-electron chi connectivity index (χ4n) is 2.06. The molecule has 128 valence electrons. The number of aliphatic hydroxyl groups is 1. The SMILES string of the molecule is CC(C)(CO)NC(=O)Nc1ccccc1-c1cc(F)c(F)c(F)c1. The zero-order chi connectivity index (χ0) is 17.9. The molecule has 0 saturated heterocycles. The van der Waals surface area contributed by atoms with Gasteiger partial charge >= 0.3 is 6.03 Å². The number of halogens is 3. The smallest absolute Gasteiger partial charge is 0.319 e. The van der Waals surface area contributed by atoms with Crippen LogP contribution in [0.5, 0.6) is 0 Å². The third-order valence-electron chi connectivity index (χ3n) is 3.32. The van der Waals surface area contributed by atoms with E-state index in [2.05, 4.69) is 10.6 Å². The Morgan fingerprint density at radius 2 is 1.71 bits per heavy atom. The Labute approximate surface area is 137 Å². The van der Waals surface area contributed by atoms with E-state index in [1.54, 1.807) is 38.1 Å². The first-order valence-electron chi connectivity index (χ1n) is 7.17. The molecule has 2 aromatic carbocycles. The maximum Gasteiger partial charge on any atom is 0.319 e.